The van der Waals surface area contributed by atoms with E-state index in [1.54, 1.807) is 6.92 Å². The minimum Gasteiger partial charge on any atom is -0.325 e. The molecule has 0 aliphatic carbocycles. The molecule has 106 valence electrons. The van der Waals surface area contributed by atoms with Crippen LogP contribution in [0.3, 0.4) is 0 Å². The molecule has 0 radical (unpaired) electrons. The molecular weight excluding hydrogens is 274 g/mol. The van der Waals surface area contributed by atoms with Crippen LogP contribution in [0.1, 0.15) is 26.7 Å². The summed E-state index contributed by atoms with van der Waals surface area (Å²) in [7, 11) is -3.63. The lowest BCUT2D eigenvalue weighted by Gasteiger charge is -2.16. The number of sulfonamides is 1. The number of alkyl halides is 2. The van der Waals surface area contributed by atoms with Crippen molar-refractivity contribution in [3.63, 3.8) is 0 Å². The number of hydrogen-bond donors (Lipinski definition) is 2. The fraction of sp³-hybridized carbons (Fsp3) is 1.00. The summed E-state index contributed by atoms with van der Waals surface area (Å²) in [6.07, 6.45) is 1.63. The third-order valence-corrected chi connectivity index (χ3v) is 3.73. The zero-order valence-corrected chi connectivity index (χ0v) is 11.7. The smallest absolute Gasteiger partial charge is 0.273 e. The van der Waals surface area contributed by atoms with Crippen LogP contribution in [0.2, 0.25) is 0 Å². The van der Waals surface area contributed by atoms with E-state index in [1.165, 1.54) is 0 Å². The molecule has 0 heterocycles. The molecule has 0 saturated carbocycles. The Kier molecular flexibility index (Phi) is 9.32. The highest BCUT2D eigenvalue weighted by Gasteiger charge is 2.29. The summed E-state index contributed by atoms with van der Waals surface area (Å²) in [5.41, 5.74) is 4.80. The van der Waals surface area contributed by atoms with Crippen LogP contribution in [0.4, 0.5) is 8.78 Å². The van der Waals surface area contributed by atoms with Gasteiger partial charge in [0, 0.05) is 0 Å². The average Bonchev–Trinajstić information content (AvgIpc) is 2.15. The molecule has 0 fully saturated rings. The van der Waals surface area contributed by atoms with Gasteiger partial charge in [-0.3, -0.25) is 0 Å². The minimum atomic E-state index is -3.63. The summed E-state index contributed by atoms with van der Waals surface area (Å²) in [6, 6.07) is 0. The van der Waals surface area contributed by atoms with E-state index in [9.17, 15) is 17.2 Å². The Morgan fingerprint density at radius 3 is 2.35 bits per heavy atom. The SMILES string of the molecule is CCCC(C)CS(=O)(=O)NCC(F)(F)CN.Cl. The van der Waals surface area contributed by atoms with Gasteiger partial charge in [-0.05, 0) is 12.3 Å². The second kappa shape index (κ2) is 8.18. The first-order chi connectivity index (χ1) is 7.22. The Balaban J connectivity index is 0. The molecule has 0 spiro atoms. The minimum absolute atomic E-state index is 0. The number of hydrogen-bond acceptors (Lipinski definition) is 3. The van der Waals surface area contributed by atoms with Gasteiger partial charge < -0.3 is 5.73 Å². The van der Waals surface area contributed by atoms with Crippen molar-refractivity contribution in [3.05, 3.63) is 0 Å². The van der Waals surface area contributed by atoms with E-state index in [2.05, 4.69) is 0 Å². The van der Waals surface area contributed by atoms with Gasteiger partial charge in [0.2, 0.25) is 10.0 Å². The third kappa shape index (κ3) is 9.70. The van der Waals surface area contributed by atoms with Crippen LogP contribution in [0.15, 0.2) is 0 Å². The second-order valence-corrected chi connectivity index (χ2v) is 5.91. The van der Waals surface area contributed by atoms with E-state index in [0.717, 1.165) is 12.8 Å². The highest BCUT2D eigenvalue weighted by molar-refractivity contribution is 7.89. The summed E-state index contributed by atoms with van der Waals surface area (Å²) < 4.78 is 50.1. The number of rotatable bonds is 8. The number of halogens is 3. The van der Waals surface area contributed by atoms with Crippen molar-refractivity contribution in [1.29, 1.82) is 0 Å². The van der Waals surface area contributed by atoms with Gasteiger partial charge >= 0.3 is 0 Å². The molecule has 0 amide bonds. The third-order valence-electron chi connectivity index (χ3n) is 2.13. The van der Waals surface area contributed by atoms with E-state index >= 15 is 0 Å². The van der Waals surface area contributed by atoms with Gasteiger partial charge in [0.1, 0.15) is 0 Å². The van der Waals surface area contributed by atoms with Crippen molar-refractivity contribution in [2.75, 3.05) is 18.8 Å². The predicted molar refractivity (Wildman–Crippen MR) is 67.1 cm³/mol. The summed E-state index contributed by atoms with van der Waals surface area (Å²) in [6.45, 7) is 1.94. The molecule has 1 unspecified atom stereocenters. The predicted octanol–water partition coefficient (Wildman–Crippen LogP) is 1.36. The fourth-order valence-electron chi connectivity index (χ4n) is 1.30. The Morgan fingerprint density at radius 2 is 1.94 bits per heavy atom. The van der Waals surface area contributed by atoms with Gasteiger partial charge in [0.15, 0.2) is 0 Å². The number of nitrogens with two attached hydrogens (primary N) is 1. The van der Waals surface area contributed by atoms with Crippen LogP contribution in [-0.4, -0.2) is 33.2 Å². The van der Waals surface area contributed by atoms with Crippen molar-refractivity contribution in [3.8, 4) is 0 Å². The van der Waals surface area contributed by atoms with Gasteiger partial charge in [-0.15, -0.1) is 12.4 Å². The Labute approximate surface area is 108 Å². The Bertz CT molecular complexity index is 299. The van der Waals surface area contributed by atoms with E-state index in [0.29, 0.717) is 0 Å². The van der Waals surface area contributed by atoms with Gasteiger partial charge in [-0.1, -0.05) is 20.3 Å². The quantitative estimate of drug-likeness (QED) is 0.710. The van der Waals surface area contributed by atoms with Crippen molar-refractivity contribution in [1.82, 2.24) is 4.72 Å². The highest BCUT2D eigenvalue weighted by Crippen LogP contribution is 2.11. The van der Waals surface area contributed by atoms with Crippen LogP contribution >= 0.6 is 12.4 Å². The van der Waals surface area contributed by atoms with Crippen LogP contribution in [0, 0.1) is 5.92 Å². The zero-order valence-electron chi connectivity index (χ0n) is 10.1. The standard InChI is InChI=1S/C9H20F2N2O2S.ClH/c1-3-4-8(2)5-16(14,15)13-7-9(10,11)6-12;/h8,13H,3-7,12H2,1-2H3;1H. The number of nitrogens with one attached hydrogen (secondary N) is 1. The first kappa shape index (κ1) is 19.4. The van der Waals surface area contributed by atoms with Crippen LogP contribution in [-0.2, 0) is 10.0 Å². The first-order valence-electron chi connectivity index (χ1n) is 5.27. The van der Waals surface area contributed by atoms with E-state index in [1.807, 2.05) is 11.6 Å². The van der Waals surface area contributed by atoms with Gasteiger partial charge in [-0.2, -0.15) is 0 Å². The maximum atomic E-state index is 12.7. The van der Waals surface area contributed by atoms with Gasteiger partial charge in [0.25, 0.3) is 5.92 Å². The lowest BCUT2D eigenvalue weighted by Crippen LogP contribution is -2.42. The molecule has 0 bridgehead atoms. The zero-order chi connectivity index (χ0) is 12.8. The molecule has 0 aromatic rings. The van der Waals surface area contributed by atoms with Crippen molar-refractivity contribution < 1.29 is 17.2 Å². The Morgan fingerprint density at radius 1 is 1.41 bits per heavy atom. The molecule has 17 heavy (non-hydrogen) atoms. The average molecular weight is 295 g/mol. The normalized spacial score (nSPS) is 14.2. The summed E-state index contributed by atoms with van der Waals surface area (Å²) in [4.78, 5) is 0. The van der Waals surface area contributed by atoms with Crippen molar-refractivity contribution in [2.24, 2.45) is 11.7 Å². The molecule has 0 aromatic heterocycles. The fourth-order valence-corrected chi connectivity index (χ4v) is 2.76. The monoisotopic (exact) mass is 294 g/mol. The van der Waals surface area contributed by atoms with E-state index < -0.39 is 29.0 Å². The Hall–Kier alpha value is 0.0200. The lowest BCUT2D eigenvalue weighted by atomic mass is 10.1. The summed E-state index contributed by atoms with van der Waals surface area (Å²) in [5, 5.41) is 0. The van der Waals surface area contributed by atoms with Crippen LogP contribution in [0.25, 0.3) is 0 Å². The van der Waals surface area contributed by atoms with Crippen molar-refractivity contribution in [2.45, 2.75) is 32.6 Å². The molecule has 0 aromatic carbocycles. The van der Waals surface area contributed by atoms with E-state index in [4.69, 9.17) is 5.73 Å². The maximum absolute atomic E-state index is 12.7. The molecule has 3 N–H and O–H groups in total. The molecular formula is C9H21ClF2N2O2S. The summed E-state index contributed by atoms with van der Waals surface area (Å²) >= 11 is 0. The summed E-state index contributed by atoms with van der Waals surface area (Å²) in [5.74, 6) is -3.34. The molecule has 8 heteroatoms. The molecule has 4 nitrogen and oxygen atoms in total. The van der Waals surface area contributed by atoms with Crippen molar-refractivity contribution >= 4 is 22.4 Å². The molecule has 0 saturated heterocycles. The largest absolute Gasteiger partial charge is 0.325 e. The first-order valence-corrected chi connectivity index (χ1v) is 6.93. The van der Waals surface area contributed by atoms with Gasteiger partial charge in [-0.25, -0.2) is 21.9 Å². The van der Waals surface area contributed by atoms with Crippen LogP contribution in [0.5, 0.6) is 0 Å². The van der Waals surface area contributed by atoms with Gasteiger partial charge in [0.05, 0.1) is 18.8 Å². The van der Waals surface area contributed by atoms with E-state index in [-0.39, 0.29) is 24.1 Å². The maximum Gasteiger partial charge on any atom is 0.273 e. The second-order valence-electron chi connectivity index (χ2n) is 4.06. The molecule has 0 aliphatic rings. The van der Waals surface area contributed by atoms with Crippen LogP contribution < -0.4 is 10.5 Å². The lowest BCUT2D eigenvalue weighted by molar-refractivity contribution is 0.0170. The highest BCUT2D eigenvalue weighted by atomic mass is 35.5. The molecule has 1 atom stereocenters. The molecule has 0 aliphatic heterocycles. The topological polar surface area (TPSA) is 72.2 Å². The molecule has 0 rings (SSSR count).